The SMILES string of the molecule is Cl.Cl.O=C(CNC1CC1)N1CCC(c2ccccc2)(c2cn3ccccc3n2)CC1. The van der Waals surface area contributed by atoms with Crippen LogP contribution in [0, 0.1) is 0 Å². The van der Waals surface area contributed by atoms with E-state index in [9.17, 15) is 4.79 Å². The molecular formula is C23H28Cl2N4O. The standard InChI is InChI=1S/C23H26N4O.2ClH/c28-22(16-24-19-9-10-19)26-14-11-23(12-15-26,18-6-2-1-3-7-18)20-17-27-13-5-4-8-21(27)25-20;;/h1-8,13,17,19,24H,9-12,14-16H2;2*1H. The molecule has 2 aromatic heterocycles. The molecule has 30 heavy (non-hydrogen) atoms. The molecule has 5 rings (SSSR count). The van der Waals surface area contributed by atoms with Crippen LogP contribution in [0.5, 0.6) is 0 Å². The average Bonchev–Trinajstić information content (AvgIpc) is 3.48. The number of aromatic nitrogens is 2. The van der Waals surface area contributed by atoms with E-state index in [4.69, 9.17) is 4.98 Å². The van der Waals surface area contributed by atoms with E-state index in [1.54, 1.807) is 0 Å². The molecule has 1 amide bonds. The van der Waals surface area contributed by atoms with Gasteiger partial charge in [-0.15, -0.1) is 24.8 Å². The average molecular weight is 447 g/mol. The number of likely N-dealkylation sites (tertiary alicyclic amines) is 1. The van der Waals surface area contributed by atoms with Crippen LogP contribution in [0.4, 0.5) is 0 Å². The molecule has 1 N–H and O–H groups in total. The van der Waals surface area contributed by atoms with Crippen molar-refractivity contribution in [1.29, 1.82) is 0 Å². The fourth-order valence-electron chi connectivity index (χ4n) is 4.38. The van der Waals surface area contributed by atoms with Crippen LogP contribution >= 0.6 is 24.8 Å². The first-order valence-electron chi connectivity index (χ1n) is 10.3. The maximum atomic E-state index is 12.6. The van der Waals surface area contributed by atoms with Crippen molar-refractivity contribution in [1.82, 2.24) is 19.6 Å². The van der Waals surface area contributed by atoms with Gasteiger partial charge in [0.1, 0.15) is 5.65 Å². The van der Waals surface area contributed by atoms with Crippen molar-refractivity contribution in [2.75, 3.05) is 19.6 Å². The third-order valence-corrected chi connectivity index (χ3v) is 6.27. The van der Waals surface area contributed by atoms with Gasteiger partial charge in [-0.1, -0.05) is 36.4 Å². The highest BCUT2D eigenvalue weighted by Crippen LogP contribution is 2.41. The van der Waals surface area contributed by atoms with Crippen LogP contribution in [0.1, 0.15) is 36.9 Å². The van der Waals surface area contributed by atoms with Crippen molar-refractivity contribution in [2.45, 2.75) is 37.1 Å². The van der Waals surface area contributed by atoms with Crippen molar-refractivity contribution in [2.24, 2.45) is 0 Å². The van der Waals surface area contributed by atoms with Crippen molar-refractivity contribution in [3.8, 4) is 0 Å². The van der Waals surface area contributed by atoms with E-state index in [-0.39, 0.29) is 36.1 Å². The van der Waals surface area contributed by atoms with E-state index in [0.717, 1.165) is 37.3 Å². The second-order valence-corrected chi connectivity index (χ2v) is 8.08. The number of rotatable bonds is 5. The third kappa shape index (κ3) is 4.34. The predicted molar refractivity (Wildman–Crippen MR) is 124 cm³/mol. The van der Waals surface area contributed by atoms with Gasteiger partial charge in [0, 0.05) is 36.9 Å². The minimum atomic E-state index is -0.145. The number of pyridine rings is 1. The van der Waals surface area contributed by atoms with Crippen molar-refractivity contribution in [3.05, 3.63) is 72.2 Å². The summed E-state index contributed by atoms with van der Waals surface area (Å²) in [6.07, 6.45) is 8.42. The lowest BCUT2D eigenvalue weighted by atomic mass is 9.70. The number of amides is 1. The van der Waals surface area contributed by atoms with Gasteiger partial charge in [0.05, 0.1) is 12.2 Å². The molecular weight excluding hydrogens is 419 g/mol. The molecule has 2 aliphatic rings. The smallest absolute Gasteiger partial charge is 0.236 e. The molecule has 1 aliphatic heterocycles. The first-order valence-corrected chi connectivity index (χ1v) is 10.3. The van der Waals surface area contributed by atoms with Gasteiger partial charge in [0.2, 0.25) is 5.91 Å². The number of halogens is 2. The first-order chi connectivity index (χ1) is 13.7. The molecule has 1 saturated heterocycles. The van der Waals surface area contributed by atoms with E-state index in [2.05, 4.69) is 46.2 Å². The molecule has 7 heteroatoms. The fourth-order valence-corrected chi connectivity index (χ4v) is 4.38. The number of fused-ring (bicyclic) bond motifs is 1. The Morgan fingerprint density at radius 2 is 1.73 bits per heavy atom. The lowest BCUT2D eigenvalue weighted by Crippen LogP contribution is -2.48. The maximum absolute atomic E-state index is 12.6. The van der Waals surface area contributed by atoms with Gasteiger partial charge in [0.15, 0.2) is 0 Å². The molecule has 0 radical (unpaired) electrons. The number of carbonyl (C=O) groups excluding carboxylic acids is 1. The summed E-state index contributed by atoms with van der Waals surface area (Å²) in [5, 5.41) is 3.35. The van der Waals surface area contributed by atoms with E-state index >= 15 is 0 Å². The van der Waals surface area contributed by atoms with Crippen molar-refractivity contribution < 1.29 is 4.79 Å². The summed E-state index contributed by atoms with van der Waals surface area (Å²) >= 11 is 0. The third-order valence-electron chi connectivity index (χ3n) is 6.27. The lowest BCUT2D eigenvalue weighted by Gasteiger charge is -2.41. The number of carbonyl (C=O) groups is 1. The first kappa shape index (κ1) is 22.6. The molecule has 5 nitrogen and oxygen atoms in total. The van der Waals surface area contributed by atoms with E-state index in [0.29, 0.717) is 12.6 Å². The van der Waals surface area contributed by atoms with Crippen LogP contribution in [0.15, 0.2) is 60.9 Å². The predicted octanol–water partition coefficient (Wildman–Crippen LogP) is 3.84. The molecule has 1 aromatic carbocycles. The van der Waals surface area contributed by atoms with Gasteiger partial charge in [-0.05, 0) is 43.4 Å². The Kier molecular flexibility index (Phi) is 7.06. The summed E-state index contributed by atoms with van der Waals surface area (Å²) in [7, 11) is 0. The Morgan fingerprint density at radius 1 is 1.03 bits per heavy atom. The van der Waals surface area contributed by atoms with Crippen molar-refractivity contribution >= 4 is 36.4 Å². The fraction of sp³-hybridized carbons (Fsp3) is 0.391. The monoisotopic (exact) mass is 446 g/mol. The number of nitrogens with zero attached hydrogens (tertiary/aromatic N) is 3. The minimum Gasteiger partial charge on any atom is -0.342 e. The van der Waals surface area contributed by atoms with Crippen LogP contribution in [-0.2, 0) is 10.2 Å². The molecule has 3 heterocycles. The number of hydrogen-bond acceptors (Lipinski definition) is 3. The Hall–Kier alpha value is -2.08. The molecule has 0 atom stereocenters. The summed E-state index contributed by atoms with van der Waals surface area (Å²) in [6.45, 7) is 2.01. The Balaban J connectivity index is 0.00000128. The van der Waals surface area contributed by atoms with Crippen LogP contribution in [0.3, 0.4) is 0 Å². The summed E-state index contributed by atoms with van der Waals surface area (Å²) in [4.78, 5) is 19.6. The van der Waals surface area contributed by atoms with Crippen LogP contribution in [0.2, 0.25) is 0 Å². The quantitative estimate of drug-likeness (QED) is 0.647. The lowest BCUT2D eigenvalue weighted by molar-refractivity contribution is -0.131. The number of hydrogen-bond donors (Lipinski definition) is 1. The minimum absolute atomic E-state index is 0. The van der Waals surface area contributed by atoms with E-state index < -0.39 is 0 Å². The number of piperidine rings is 1. The van der Waals surface area contributed by atoms with Gasteiger partial charge < -0.3 is 14.6 Å². The zero-order valence-corrected chi connectivity index (χ0v) is 18.5. The second-order valence-electron chi connectivity index (χ2n) is 8.08. The molecule has 0 spiro atoms. The van der Waals surface area contributed by atoms with Crippen LogP contribution in [0.25, 0.3) is 5.65 Å². The topological polar surface area (TPSA) is 49.6 Å². The molecule has 0 bridgehead atoms. The molecule has 1 aliphatic carbocycles. The number of nitrogens with one attached hydrogen (secondary N) is 1. The van der Waals surface area contributed by atoms with Crippen LogP contribution in [-0.4, -0.2) is 45.9 Å². The zero-order chi connectivity index (χ0) is 19.0. The molecule has 1 saturated carbocycles. The number of imidazole rings is 1. The van der Waals surface area contributed by atoms with E-state index in [1.807, 2.05) is 29.3 Å². The van der Waals surface area contributed by atoms with Crippen LogP contribution < -0.4 is 5.32 Å². The maximum Gasteiger partial charge on any atom is 0.236 e. The highest BCUT2D eigenvalue weighted by molar-refractivity contribution is 5.85. The van der Waals surface area contributed by atoms with Gasteiger partial charge >= 0.3 is 0 Å². The van der Waals surface area contributed by atoms with Gasteiger partial charge in [0.25, 0.3) is 0 Å². The summed E-state index contributed by atoms with van der Waals surface area (Å²) in [6, 6.07) is 17.3. The summed E-state index contributed by atoms with van der Waals surface area (Å²) in [5.74, 6) is 0.226. The highest BCUT2D eigenvalue weighted by atomic mass is 35.5. The number of benzene rings is 1. The Bertz CT molecular complexity index is 946. The highest BCUT2D eigenvalue weighted by Gasteiger charge is 2.40. The Morgan fingerprint density at radius 3 is 2.40 bits per heavy atom. The summed E-state index contributed by atoms with van der Waals surface area (Å²) in [5.41, 5.74) is 3.23. The molecule has 0 unspecified atom stereocenters. The largest absolute Gasteiger partial charge is 0.342 e. The molecule has 160 valence electrons. The van der Waals surface area contributed by atoms with E-state index in [1.165, 1.54) is 18.4 Å². The molecule has 3 aromatic rings. The van der Waals surface area contributed by atoms with Gasteiger partial charge in [-0.3, -0.25) is 4.79 Å². The van der Waals surface area contributed by atoms with Gasteiger partial charge in [-0.2, -0.15) is 0 Å². The zero-order valence-electron chi connectivity index (χ0n) is 16.9. The second kappa shape index (κ2) is 9.38. The molecule has 2 fully saturated rings. The van der Waals surface area contributed by atoms with Gasteiger partial charge in [-0.25, -0.2) is 4.98 Å². The normalized spacial score (nSPS) is 17.8. The van der Waals surface area contributed by atoms with Crippen molar-refractivity contribution in [3.63, 3.8) is 0 Å². The Labute approximate surface area is 189 Å². The summed E-state index contributed by atoms with van der Waals surface area (Å²) < 4.78 is 2.09.